The van der Waals surface area contributed by atoms with Crippen LogP contribution in [-0.4, -0.2) is 27.0 Å². The van der Waals surface area contributed by atoms with E-state index in [1.165, 1.54) is 0 Å². The summed E-state index contributed by atoms with van der Waals surface area (Å²) in [4.78, 5) is 0. The van der Waals surface area contributed by atoms with E-state index in [4.69, 9.17) is 0 Å². The van der Waals surface area contributed by atoms with Crippen LogP contribution < -0.4 is 0 Å². The van der Waals surface area contributed by atoms with E-state index in [0.717, 1.165) is 4.68 Å². The van der Waals surface area contributed by atoms with Crippen molar-refractivity contribution in [2.45, 2.75) is 62.3 Å². The van der Waals surface area contributed by atoms with Crippen LogP contribution in [0, 0.1) is 5.41 Å². The van der Waals surface area contributed by atoms with E-state index < -0.39 is 59.0 Å². The van der Waals surface area contributed by atoms with E-state index in [1.54, 1.807) is 0 Å². The molecule has 24 heavy (non-hydrogen) atoms. The predicted octanol–water partition coefficient (Wildman–Crippen LogP) is 4.05. The maximum absolute atomic E-state index is 14.1. The normalized spacial score (nSPS) is 34.1. The molecule has 1 heterocycles. The Hall–Kier alpha value is -1.32. The maximum atomic E-state index is 14.1. The maximum Gasteiger partial charge on any atom is 0.435 e. The van der Waals surface area contributed by atoms with Crippen molar-refractivity contribution in [3.05, 3.63) is 17.0 Å². The molecule has 0 aromatic carbocycles. The van der Waals surface area contributed by atoms with Crippen LogP contribution in [0.15, 0.2) is 0 Å². The Balaban J connectivity index is 1.68. The zero-order valence-electron chi connectivity index (χ0n) is 12.1. The van der Waals surface area contributed by atoms with Crippen LogP contribution in [0.2, 0.25) is 0 Å². The van der Waals surface area contributed by atoms with Gasteiger partial charge in [0, 0.05) is 18.4 Å². The average Bonchev–Trinajstić information content (AvgIpc) is 2.86. The highest BCUT2D eigenvalue weighted by atomic mass is 19.4. The minimum atomic E-state index is -4.97. The second kappa shape index (κ2) is 4.44. The molecule has 1 spiro atoms. The third kappa shape index (κ3) is 2.04. The van der Waals surface area contributed by atoms with Crippen LogP contribution >= 0.6 is 0 Å². The van der Waals surface area contributed by atoms with Crippen molar-refractivity contribution in [2.75, 3.05) is 0 Å². The lowest BCUT2D eigenvalue weighted by molar-refractivity contribution is -0.205. The molecule has 0 bridgehead atoms. The first-order valence-electron chi connectivity index (χ1n) is 7.48. The summed E-state index contributed by atoms with van der Waals surface area (Å²) in [7, 11) is 0. The number of alkyl halides is 7. The van der Waals surface area contributed by atoms with Gasteiger partial charge in [0.25, 0.3) is 0 Å². The fourth-order valence-corrected chi connectivity index (χ4v) is 4.43. The number of nitrogens with zero attached hydrogens (tertiary/aromatic N) is 2. The second-order valence-corrected chi connectivity index (χ2v) is 7.15. The van der Waals surface area contributed by atoms with Gasteiger partial charge >= 0.3 is 6.18 Å². The van der Waals surface area contributed by atoms with Gasteiger partial charge in [-0.05, 0) is 18.3 Å². The van der Waals surface area contributed by atoms with Crippen molar-refractivity contribution in [1.82, 2.24) is 9.78 Å². The highest BCUT2D eigenvalue weighted by Gasteiger charge is 2.63. The van der Waals surface area contributed by atoms with Gasteiger partial charge in [0.1, 0.15) is 6.10 Å². The Bertz CT molecular complexity index is 682. The molecular formula is C14H13F7N2O. The second-order valence-electron chi connectivity index (χ2n) is 7.15. The van der Waals surface area contributed by atoms with Crippen LogP contribution in [0.4, 0.5) is 30.7 Å². The molecule has 3 atom stereocenters. The van der Waals surface area contributed by atoms with E-state index in [2.05, 4.69) is 5.10 Å². The number of aliphatic hydroxyl groups excluding tert-OH is 1. The molecular weight excluding hydrogens is 345 g/mol. The molecule has 1 aromatic heterocycles. The molecule has 2 saturated carbocycles. The molecule has 0 amide bonds. The monoisotopic (exact) mass is 358 g/mol. The molecule has 1 aromatic rings. The van der Waals surface area contributed by atoms with Crippen molar-refractivity contribution < 1.29 is 35.8 Å². The molecule has 2 fully saturated rings. The van der Waals surface area contributed by atoms with Gasteiger partial charge in [0.05, 0.1) is 11.7 Å². The Morgan fingerprint density at radius 2 is 1.71 bits per heavy atom. The van der Waals surface area contributed by atoms with Crippen molar-refractivity contribution in [3.63, 3.8) is 0 Å². The van der Waals surface area contributed by atoms with Gasteiger partial charge in [-0.15, -0.1) is 0 Å². The fraction of sp³-hybridized carbons (Fsp3) is 0.786. The van der Waals surface area contributed by atoms with E-state index >= 15 is 0 Å². The van der Waals surface area contributed by atoms with Crippen LogP contribution in [0.25, 0.3) is 0 Å². The number of halogens is 7. The number of aromatic nitrogens is 2. The number of rotatable bonds is 1. The molecule has 0 radical (unpaired) electrons. The molecule has 3 aliphatic rings. The van der Waals surface area contributed by atoms with E-state index in [-0.39, 0.29) is 25.7 Å². The Morgan fingerprint density at radius 1 is 1.12 bits per heavy atom. The zero-order valence-corrected chi connectivity index (χ0v) is 12.1. The van der Waals surface area contributed by atoms with Crippen LogP contribution in [0.5, 0.6) is 0 Å². The van der Waals surface area contributed by atoms with Crippen LogP contribution in [-0.2, 0) is 6.18 Å². The van der Waals surface area contributed by atoms with Gasteiger partial charge in [-0.2, -0.15) is 18.3 Å². The number of hydrogen-bond donors (Lipinski definition) is 1. The van der Waals surface area contributed by atoms with Crippen molar-refractivity contribution in [1.29, 1.82) is 0 Å². The molecule has 134 valence electrons. The first-order chi connectivity index (χ1) is 10.9. The fourth-order valence-electron chi connectivity index (χ4n) is 4.43. The Labute approximate surface area is 131 Å². The molecule has 3 unspecified atom stereocenters. The molecule has 3 nitrogen and oxygen atoms in total. The molecule has 0 saturated heterocycles. The average molecular weight is 358 g/mol. The van der Waals surface area contributed by atoms with Crippen LogP contribution in [0.3, 0.4) is 0 Å². The van der Waals surface area contributed by atoms with E-state index in [0.29, 0.717) is 0 Å². The minimum absolute atomic E-state index is 0.147. The summed E-state index contributed by atoms with van der Waals surface area (Å²) < 4.78 is 93.7. The highest BCUT2D eigenvalue weighted by Crippen LogP contribution is 2.66. The molecule has 3 aliphatic carbocycles. The summed E-state index contributed by atoms with van der Waals surface area (Å²) in [5, 5.41) is 13.0. The summed E-state index contributed by atoms with van der Waals surface area (Å²) in [5.74, 6) is -2.77. The SMILES string of the molecule is OC1c2c(C(F)(F)F)nn(C3CC4(C3)CC(F)(F)C4)c2C(F)C1F. The lowest BCUT2D eigenvalue weighted by atomic mass is 9.52. The van der Waals surface area contributed by atoms with Gasteiger partial charge in [-0.1, -0.05) is 0 Å². The highest BCUT2D eigenvalue weighted by molar-refractivity contribution is 5.39. The number of aliphatic hydroxyl groups is 1. The van der Waals surface area contributed by atoms with E-state index in [1.807, 2.05) is 0 Å². The van der Waals surface area contributed by atoms with E-state index in [9.17, 15) is 35.8 Å². The van der Waals surface area contributed by atoms with Crippen molar-refractivity contribution in [3.8, 4) is 0 Å². The summed E-state index contributed by atoms with van der Waals surface area (Å²) in [6.07, 6.45) is -12.5. The first kappa shape index (κ1) is 16.2. The minimum Gasteiger partial charge on any atom is -0.385 e. The summed E-state index contributed by atoms with van der Waals surface area (Å²) >= 11 is 0. The third-order valence-electron chi connectivity index (χ3n) is 5.34. The van der Waals surface area contributed by atoms with Crippen molar-refractivity contribution in [2.24, 2.45) is 5.41 Å². The number of hydrogen-bond acceptors (Lipinski definition) is 2. The van der Waals surface area contributed by atoms with Gasteiger partial charge in [0.15, 0.2) is 18.0 Å². The summed E-state index contributed by atoms with van der Waals surface area (Å²) in [6.45, 7) is 0. The summed E-state index contributed by atoms with van der Waals surface area (Å²) in [6, 6.07) is -0.693. The Kier molecular flexibility index (Phi) is 2.99. The molecule has 1 N–H and O–H groups in total. The quantitative estimate of drug-likeness (QED) is 0.770. The third-order valence-corrected chi connectivity index (χ3v) is 5.34. The smallest absolute Gasteiger partial charge is 0.385 e. The lowest BCUT2D eigenvalue weighted by Crippen LogP contribution is -2.54. The van der Waals surface area contributed by atoms with Crippen molar-refractivity contribution >= 4 is 0 Å². The molecule has 4 rings (SSSR count). The lowest BCUT2D eigenvalue weighted by Gasteiger charge is -2.57. The Morgan fingerprint density at radius 3 is 2.21 bits per heavy atom. The van der Waals surface area contributed by atoms with Crippen LogP contribution in [0.1, 0.15) is 61.0 Å². The topological polar surface area (TPSA) is 38.1 Å². The molecule has 0 aliphatic heterocycles. The predicted molar refractivity (Wildman–Crippen MR) is 65.8 cm³/mol. The zero-order chi connectivity index (χ0) is 17.7. The van der Waals surface area contributed by atoms with Gasteiger partial charge in [-0.3, -0.25) is 4.68 Å². The van der Waals surface area contributed by atoms with Gasteiger partial charge < -0.3 is 5.11 Å². The van der Waals surface area contributed by atoms with Gasteiger partial charge in [0.2, 0.25) is 5.92 Å². The standard InChI is InChI=1S/C14H13F7N2O/c15-7-8(16)10(24)6-9(7)23(22-11(6)14(19,20)21)5-1-12(2-5)3-13(17,18)4-12/h5,7-8,10,24H,1-4H2. The van der Waals surface area contributed by atoms with Gasteiger partial charge in [-0.25, -0.2) is 17.6 Å². The first-order valence-corrected chi connectivity index (χ1v) is 7.48. The summed E-state index contributed by atoms with van der Waals surface area (Å²) in [5.41, 5.74) is -3.65. The molecule has 10 heteroatoms. The largest absolute Gasteiger partial charge is 0.435 e. The number of fused-ring (bicyclic) bond motifs is 1.